The lowest BCUT2D eigenvalue weighted by Gasteiger charge is -2.32. The molecule has 0 bridgehead atoms. The zero-order valence-electron chi connectivity index (χ0n) is 12.1. The Morgan fingerprint density at radius 1 is 1.37 bits per heavy atom. The summed E-state index contributed by atoms with van der Waals surface area (Å²) in [6.07, 6.45) is 3.51. The molecule has 4 nitrogen and oxygen atoms in total. The second-order valence-corrected chi connectivity index (χ2v) is 5.19. The fraction of sp³-hybridized carbons (Fsp3) is 0.667. The standard InChI is InChI=1S/C15H25N3O/c1-3-9-16-14-5-4-6-15(17-14)18-10-7-13(8-11-18)12-19-2/h4-6,13H,3,7-12H2,1-2H3,(H,16,17). The van der Waals surface area contributed by atoms with Gasteiger partial charge in [0, 0.05) is 33.4 Å². The first-order valence-corrected chi connectivity index (χ1v) is 7.28. The third kappa shape index (κ3) is 4.10. The van der Waals surface area contributed by atoms with Gasteiger partial charge in [-0.15, -0.1) is 0 Å². The van der Waals surface area contributed by atoms with Crippen LogP contribution in [0.5, 0.6) is 0 Å². The number of hydrogen-bond acceptors (Lipinski definition) is 4. The number of methoxy groups -OCH3 is 1. The lowest BCUT2D eigenvalue weighted by atomic mass is 9.98. The van der Waals surface area contributed by atoms with Crippen molar-refractivity contribution in [2.45, 2.75) is 26.2 Å². The molecule has 0 aromatic carbocycles. The molecule has 0 unspecified atom stereocenters. The van der Waals surface area contributed by atoms with Crippen molar-refractivity contribution in [3.05, 3.63) is 18.2 Å². The Morgan fingerprint density at radius 2 is 2.16 bits per heavy atom. The van der Waals surface area contributed by atoms with Crippen molar-refractivity contribution in [3.63, 3.8) is 0 Å². The van der Waals surface area contributed by atoms with E-state index in [1.165, 1.54) is 12.8 Å². The van der Waals surface area contributed by atoms with Gasteiger partial charge >= 0.3 is 0 Å². The Balaban J connectivity index is 1.91. The van der Waals surface area contributed by atoms with E-state index < -0.39 is 0 Å². The molecule has 0 aliphatic carbocycles. The Bertz CT molecular complexity index is 375. The number of anilines is 2. The molecule has 106 valence electrons. The normalized spacial score (nSPS) is 16.6. The van der Waals surface area contributed by atoms with Crippen LogP contribution in [-0.4, -0.2) is 38.3 Å². The van der Waals surface area contributed by atoms with Gasteiger partial charge in [0.05, 0.1) is 0 Å². The number of rotatable bonds is 6. The molecule has 1 aromatic heterocycles. The number of nitrogens with zero attached hydrogens (tertiary/aromatic N) is 2. The molecule has 0 amide bonds. The molecule has 1 aliphatic heterocycles. The van der Waals surface area contributed by atoms with E-state index in [-0.39, 0.29) is 0 Å². The highest BCUT2D eigenvalue weighted by Crippen LogP contribution is 2.22. The number of aromatic nitrogens is 1. The highest BCUT2D eigenvalue weighted by Gasteiger charge is 2.19. The van der Waals surface area contributed by atoms with E-state index in [1.54, 1.807) is 7.11 Å². The number of hydrogen-bond donors (Lipinski definition) is 1. The molecular formula is C15H25N3O. The largest absolute Gasteiger partial charge is 0.384 e. The first kappa shape index (κ1) is 14.1. The van der Waals surface area contributed by atoms with Gasteiger partial charge in [-0.2, -0.15) is 0 Å². The van der Waals surface area contributed by atoms with Crippen molar-refractivity contribution in [1.29, 1.82) is 0 Å². The van der Waals surface area contributed by atoms with Crippen LogP contribution in [0.1, 0.15) is 26.2 Å². The van der Waals surface area contributed by atoms with Crippen LogP contribution in [0.2, 0.25) is 0 Å². The summed E-state index contributed by atoms with van der Waals surface area (Å²) in [5.74, 6) is 2.79. The molecule has 0 atom stereocenters. The zero-order valence-corrected chi connectivity index (χ0v) is 12.1. The Morgan fingerprint density at radius 3 is 2.84 bits per heavy atom. The average Bonchev–Trinajstić information content (AvgIpc) is 2.46. The van der Waals surface area contributed by atoms with Crippen LogP contribution in [0.4, 0.5) is 11.6 Å². The van der Waals surface area contributed by atoms with Crippen LogP contribution in [-0.2, 0) is 4.74 Å². The minimum atomic E-state index is 0.711. The van der Waals surface area contributed by atoms with Gasteiger partial charge in [0.1, 0.15) is 11.6 Å². The second kappa shape index (κ2) is 7.34. The highest BCUT2D eigenvalue weighted by atomic mass is 16.5. The lowest BCUT2D eigenvalue weighted by Crippen LogP contribution is -2.35. The van der Waals surface area contributed by atoms with Crippen molar-refractivity contribution >= 4 is 11.6 Å². The smallest absolute Gasteiger partial charge is 0.130 e. The van der Waals surface area contributed by atoms with Crippen LogP contribution in [0.15, 0.2) is 18.2 Å². The Kier molecular flexibility index (Phi) is 5.45. The van der Waals surface area contributed by atoms with E-state index in [0.717, 1.165) is 44.3 Å². The van der Waals surface area contributed by atoms with Gasteiger partial charge < -0.3 is 15.0 Å². The molecule has 4 heteroatoms. The summed E-state index contributed by atoms with van der Waals surface area (Å²) < 4.78 is 5.24. The fourth-order valence-corrected chi connectivity index (χ4v) is 2.52. The number of pyridine rings is 1. The second-order valence-electron chi connectivity index (χ2n) is 5.19. The maximum Gasteiger partial charge on any atom is 0.130 e. The summed E-state index contributed by atoms with van der Waals surface area (Å²) in [7, 11) is 1.79. The molecule has 0 spiro atoms. The van der Waals surface area contributed by atoms with Gasteiger partial charge in [-0.05, 0) is 37.3 Å². The summed E-state index contributed by atoms with van der Waals surface area (Å²) in [6, 6.07) is 6.23. The molecule has 2 heterocycles. The van der Waals surface area contributed by atoms with Gasteiger partial charge in [-0.3, -0.25) is 0 Å². The topological polar surface area (TPSA) is 37.4 Å². The summed E-state index contributed by atoms with van der Waals surface area (Å²) >= 11 is 0. The van der Waals surface area contributed by atoms with Gasteiger partial charge in [0.2, 0.25) is 0 Å². The quantitative estimate of drug-likeness (QED) is 0.856. The zero-order chi connectivity index (χ0) is 13.5. The van der Waals surface area contributed by atoms with Gasteiger partial charge in [-0.25, -0.2) is 4.98 Å². The maximum atomic E-state index is 5.24. The van der Waals surface area contributed by atoms with Crippen molar-refractivity contribution in [1.82, 2.24) is 4.98 Å². The van der Waals surface area contributed by atoms with Gasteiger partial charge in [0.15, 0.2) is 0 Å². The van der Waals surface area contributed by atoms with Crippen molar-refractivity contribution in [2.24, 2.45) is 5.92 Å². The van der Waals surface area contributed by atoms with Crippen molar-refractivity contribution < 1.29 is 4.74 Å². The molecule has 1 aromatic rings. The van der Waals surface area contributed by atoms with Crippen LogP contribution >= 0.6 is 0 Å². The van der Waals surface area contributed by atoms with Gasteiger partial charge in [-0.1, -0.05) is 13.0 Å². The first-order chi connectivity index (χ1) is 9.33. The van der Waals surface area contributed by atoms with Crippen molar-refractivity contribution in [2.75, 3.05) is 43.6 Å². The SMILES string of the molecule is CCCNc1cccc(N2CCC(COC)CC2)n1. The predicted molar refractivity (Wildman–Crippen MR) is 79.8 cm³/mol. The summed E-state index contributed by atoms with van der Waals surface area (Å²) in [5, 5.41) is 3.35. The lowest BCUT2D eigenvalue weighted by molar-refractivity contribution is 0.139. The average molecular weight is 263 g/mol. The number of ether oxygens (including phenoxy) is 1. The first-order valence-electron chi connectivity index (χ1n) is 7.28. The van der Waals surface area contributed by atoms with Crippen LogP contribution in [0.25, 0.3) is 0 Å². The molecule has 1 saturated heterocycles. The molecule has 19 heavy (non-hydrogen) atoms. The Hall–Kier alpha value is -1.29. The summed E-state index contributed by atoms with van der Waals surface area (Å²) in [5.41, 5.74) is 0. The van der Waals surface area contributed by atoms with E-state index in [2.05, 4.69) is 34.3 Å². The summed E-state index contributed by atoms with van der Waals surface area (Å²) in [6.45, 7) is 6.19. The summed E-state index contributed by atoms with van der Waals surface area (Å²) in [4.78, 5) is 7.07. The van der Waals surface area contributed by atoms with E-state index in [0.29, 0.717) is 5.92 Å². The molecule has 1 N–H and O–H groups in total. The van der Waals surface area contributed by atoms with Crippen LogP contribution < -0.4 is 10.2 Å². The minimum Gasteiger partial charge on any atom is -0.384 e. The minimum absolute atomic E-state index is 0.711. The predicted octanol–water partition coefficient (Wildman–Crippen LogP) is 2.77. The van der Waals surface area contributed by atoms with Gasteiger partial charge in [0.25, 0.3) is 0 Å². The van der Waals surface area contributed by atoms with E-state index in [9.17, 15) is 0 Å². The van der Waals surface area contributed by atoms with E-state index >= 15 is 0 Å². The Labute approximate surface area is 116 Å². The third-order valence-electron chi connectivity index (χ3n) is 3.63. The van der Waals surface area contributed by atoms with Crippen molar-refractivity contribution in [3.8, 4) is 0 Å². The molecule has 2 rings (SSSR count). The molecule has 0 saturated carbocycles. The molecular weight excluding hydrogens is 238 g/mol. The molecule has 1 fully saturated rings. The van der Waals surface area contributed by atoms with Crippen LogP contribution in [0, 0.1) is 5.92 Å². The van der Waals surface area contributed by atoms with Crippen LogP contribution in [0.3, 0.4) is 0 Å². The maximum absolute atomic E-state index is 5.24. The van der Waals surface area contributed by atoms with E-state index in [1.807, 2.05) is 6.07 Å². The number of nitrogens with one attached hydrogen (secondary N) is 1. The number of piperidine rings is 1. The molecule has 1 aliphatic rings. The molecule has 0 radical (unpaired) electrons. The fourth-order valence-electron chi connectivity index (χ4n) is 2.52. The third-order valence-corrected chi connectivity index (χ3v) is 3.63. The van der Waals surface area contributed by atoms with E-state index in [4.69, 9.17) is 4.74 Å². The monoisotopic (exact) mass is 263 g/mol. The highest BCUT2D eigenvalue weighted by molar-refractivity contribution is 5.47.